The summed E-state index contributed by atoms with van der Waals surface area (Å²) in [5.74, 6) is 4.51. The summed E-state index contributed by atoms with van der Waals surface area (Å²) in [5.41, 5.74) is -1.03. The molecule has 47 heavy (non-hydrogen) atoms. The molecule has 0 atom stereocenters. The van der Waals surface area contributed by atoms with E-state index in [9.17, 15) is 14.4 Å². The fourth-order valence-corrected chi connectivity index (χ4v) is 12.6. The van der Waals surface area contributed by atoms with Crippen molar-refractivity contribution in [3.05, 3.63) is 46.6 Å². The summed E-state index contributed by atoms with van der Waals surface area (Å²) >= 11 is 1.42. The Balaban J connectivity index is 0.962. The van der Waals surface area contributed by atoms with E-state index in [0.29, 0.717) is 44.9 Å². The lowest BCUT2D eigenvalue weighted by atomic mass is 9.50. The summed E-state index contributed by atoms with van der Waals surface area (Å²) in [5, 5.41) is 1.12. The molecule has 8 fully saturated rings. The molecule has 8 aliphatic carbocycles. The van der Waals surface area contributed by atoms with E-state index in [0.717, 1.165) is 79.7 Å². The van der Waals surface area contributed by atoms with Gasteiger partial charge in [0.1, 0.15) is 11.2 Å². The van der Waals surface area contributed by atoms with Crippen LogP contribution in [0.25, 0.3) is 20.2 Å². The summed E-state index contributed by atoms with van der Waals surface area (Å²) in [6, 6.07) is 10.9. The molecule has 2 aromatic carbocycles. The number of esters is 2. The van der Waals surface area contributed by atoms with Crippen LogP contribution < -0.4 is 14.9 Å². The Morgan fingerprint density at radius 2 is 1.15 bits per heavy atom. The van der Waals surface area contributed by atoms with Gasteiger partial charge in [-0.2, -0.15) is 0 Å². The molecular formula is C39H44O7S. The van der Waals surface area contributed by atoms with Gasteiger partial charge in [-0.05, 0) is 150 Å². The predicted octanol–water partition coefficient (Wildman–Crippen LogP) is 7.69. The zero-order valence-electron chi connectivity index (χ0n) is 27.3. The van der Waals surface area contributed by atoms with Gasteiger partial charge in [-0.1, -0.05) is 12.1 Å². The highest BCUT2D eigenvalue weighted by Gasteiger charge is 2.58. The van der Waals surface area contributed by atoms with Crippen molar-refractivity contribution < 1.29 is 28.5 Å². The first kappa shape index (κ1) is 30.0. The average Bonchev–Trinajstić information content (AvgIpc) is 3.04. The van der Waals surface area contributed by atoms with Crippen LogP contribution in [0, 0.1) is 47.3 Å². The quantitative estimate of drug-likeness (QED) is 0.182. The zero-order valence-corrected chi connectivity index (χ0v) is 28.2. The molecule has 7 nitrogen and oxygen atoms in total. The third-order valence-electron chi connectivity index (χ3n) is 13.5. The van der Waals surface area contributed by atoms with E-state index >= 15 is 0 Å². The second kappa shape index (κ2) is 10.9. The second-order valence-corrected chi connectivity index (χ2v) is 17.3. The molecule has 8 bridgehead atoms. The molecule has 1 heterocycles. The van der Waals surface area contributed by atoms with Crippen LogP contribution in [0.2, 0.25) is 0 Å². The van der Waals surface area contributed by atoms with Gasteiger partial charge in [-0.15, -0.1) is 11.3 Å². The van der Waals surface area contributed by atoms with Gasteiger partial charge in [0.05, 0.1) is 4.70 Å². The highest BCUT2D eigenvalue weighted by atomic mass is 32.1. The number of fused-ring (bicyclic) bond motifs is 2. The second-order valence-electron chi connectivity index (χ2n) is 16.2. The van der Waals surface area contributed by atoms with Crippen LogP contribution in [0.4, 0.5) is 0 Å². The van der Waals surface area contributed by atoms with Crippen molar-refractivity contribution in [1.82, 2.24) is 0 Å². The van der Waals surface area contributed by atoms with E-state index in [1.54, 1.807) is 12.1 Å². The van der Waals surface area contributed by atoms with Crippen LogP contribution in [0.15, 0.2) is 41.2 Å². The molecule has 1 aromatic heterocycles. The van der Waals surface area contributed by atoms with Gasteiger partial charge >= 0.3 is 11.9 Å². The number of hydrogen-bond acceptors (Lipinski definition) is 8. The van der Waals surface area contributed by atoms with Gasteiger partial charge in [-0.3, -0.25) is 4.79 Å². The van der Waals surface area contributed by atoms with Crippen molar-refractivity contribution in [2.45, 2.75) is 89.3 Å². The fraction of sp³-hybridized carbons (Fsp3) is 0.615. The third kappa shape index (κ3) is 4.90. The standard InChI is InChI=1S/C39H44O7S/c1-38(25-11-21-9-22(13-25)14-26(38)12-21)45-33(40)19-43-31-8-7-30-35(42)29-5-3-4-6-32(29)47-37(30)36(31)44-20-34(41)46-39(2)27-15-23-10-24(17-27)18-28(39)16-23/h3-8,21-28H,9-20H2,1-2H3. The Morgan fingerprint density at radius 1 is 0.660 bits per heavy atom. The minimum absolute atomic E-state index is 0.108. The summed E-state index contributed by atoms with van der Waals surface area (Å²) in [7, 11) is 0. The Morgan fingerprint density at radius 3 is 1.68 bits per heavy atom. The van der Waals surface area contributed by atoms with E-state index in [2.05, 4.69) is 13.8 Å². The van der Waals surface area contributed by atoms with Gasteiger partial charge in [-0.25, -0.2) is 9.59 Å². The maximum absolute atomic E-state index is 13.5. The van der Waals surface area contributed by atoms with Crippen LogP contribution in [-0.4, -0.2) is 36.4 Å². The lowest BCUT2D eigenvalue weighted by Gasteiger charge is -2.59. The molecule has 8 aliphatic rings. The first-order valence-electron chi connectivity index (χ1n) is 17.8. The highest BCUT2D eigenvalue weighted by molar-refractivity contribution is 7.25. The number of carbonyl (C=O) groups excluding carboxylic acids is 2. The van der Waals surface area contributed by atoms with Gasteiger partial charge in [0, 0.05) is 15.5 Å². The topological polar surface area (TPSA) is 88.1 Å². The molecule has 248 valence electrons. The van der Waals surface area contributed by atoms with Crippen LogP contribution >= 0.6 is 11.3 Å². The summed E-state index contributed by atoms with van der Waals surface area (Å²) in [6.07, 6.45) is 11.8. The Bertz CT molecular complexity index is 1770. The first-order chi connectivity index (χ1) is 22.7. The summed E-state index contributed by atoms with van der Waals surface area (Å²) in [6.45, 7) is 3.67. The first-order valence-corrected chi connectivity index (χ1v) is 18.7. The van der Waals surface area contributed by atoms with Crippen molar-refractivity contribution >= 4 is 43.4 Å². The Labute approximate surface area is 279 Å². The van der Waals surface area contributed by atoms with Gasteiger partial charge in [0.25, 0.3) is 0 Å². The highest BCUT2D eigenvalue weighted by Crippen LogP contribution is 2.60. The molecule has 0 spiro atoms. The zero-order chi connectivity index (χ0) is 32.1. The summed E-state index contributed by atoms with van der Waals surface area (Å²) in [4.78, 5) is 40.3. The van der Waals surface area contributed by atoms with Gasteiger partial charge in [0.2, 0.25) is 0 Å². The van der Waals surface area contributed by atoms with E-state index < -0.39 is 23.1 Å². The lowest BCUT2D eigenvalue weighted by molar-refractivity contribution is -0.205. The number of benzene rings is 2. The number of hydrogen-bond donors (Lipinski definition) is 0. The molecule has 0 radical (unpaired) electrons. The largest absolute Gasteiger partial charge is 0.478 e. The van der Waals surface area contributed by atoms with Crippen LogP contribution in [0.1, 0.15) is 78.1 Å². The van der Waals surface area contributed by atoms with Crippen molar-refractivity contribution in [3.63, 3.8) is 0 Å². The molecule has 0 aliphatic heterocycles. The van der Waals surface area contributed by atoms with E-state index in [1.807, 2.05) is 24.3 Å². The molecule has 0 unspecified atom stereocenters. The Hall–Kier alpha value is -3.13. The smallest absolute Gasteiger partial charge is 0.344 e. The molecule has 11 rings (SSSR count). The minimum atomic E-state index is -0.468. The van der Waals surface area contributed by atoms with E-state index in [1.165, 1.54) is 24.2 Å². The molecular weight excluding hydrogens is 612 g/mol. The number of carbonyl (C=O) groups is 2. The fourth-order valence-electron chi connectivity index (χ4n) is 11.5. The SMILES string of the molecule is CC1(OC(=O)COc2ccc3c(=O)c4ccccc4sc3c2OCC(=O)OC2(C)C3CC4CC(C3)CC2C4)C2CC3CC(C2)CC1C3. The van der Waals surface area contributed by atoms with Gasteiger partial charge in [0.15, 0.2) is 30.1 Å². The monoisotopic (exact) mass is 656 g/mol. The van der Waals surface area contributed by atoms with Crippen molar-refractivity contribution in [3.8, 4) is 11.5 Å². The normalized spacial score (nSPS) is 37.7. The number of rotatable bonds is 8. The lowest BCUT2D eigenvalue weighted by Crippen LogP contribution is -2.58. The van der Waals surface area contributed by atoms with Crippen LogP contribution in [-0.2, 0) is 19.1 Å². The molecule has 0 amide bonds. The number of ether oxygens (including phenoxy) is 4. The van der Waals surface area contributed by atoms with Crippen LogP contribution in [0.3, 0.4) is 0 Å². The summed E-state index contributed by atoms with van der Waals surface area (Å²) < 4.78 is 26.3. The maximum atomic E-state index is 13.5. The average molecular weight is 657 g/mol. The van der Waals surface area contributed by atoms with E-state index in [4.69, 9.17) is 18.9 Å². The third-order valence-corrected chi connectivity index (χ3v) is 14.7. The maximum Gasteiger partial charge on any atom is 0.344 e. The van der Waals surface area contributed by atoms with Crippen molar-refractivity contribution in [1.29, 1.82) is 0 Å². The predicted molar refractivity (Wildman–Crippen MR) is 180 cm³/mol. The molecule has 0 saturated heterocycles. The van der Waals surface area contributed by atoms with E-state index in [-0.39, 0.29) is 24.4 Å². The molecule has 8 heteroatoms. The van der Waals surface area contributed by atoms with Gasteiger partial charge < -0.3 is 18.9 Å². The van der Waals surface area contributed by atoms with Crippen molar-refractivity contribution in [2.24, 2.45) is 47.3 Å². The minimum Gasteiger partial charge on any atom is -0.478 e. The van der Waals surface area contributed by atoms with Crippen LogP contribution in [0.5, 0.6) is 11.5 Å². The molecule has 0 N–H and O–H groups in total. The Kier molecular flexibility index (Phi) is 6.98. The van der Waals surface area contributed by atoms with Crippen molar-refractivity contribution in [2.75, 3.05) is 13.2 Å². The molecule has 3 aromatic rings. The molecule has 8 saturated carbocycles.